The van der Waals surface area contributed by atoms with Crippen LogP contribution in [-0.4, -0.2) is 4.57 Å². The largest absolute Gasteiger partial charge is 0.310 e. The van der Waals surface area contributed by atoms with Crippen LogP contribution in [0.2, 0.25) is 0 Å². The monoisotopic (exact) mass is 836 g/mol. The molecule has 2 aliphatic rings. The SMILES string of the molecule is CC1(C)CCC(C)(C)c2cc(-c3cc4c(cc3N(c3ccccc3)c3ccc(-n5c6ccccc6c6ccccc65)cc3)C(c3ccccc3)(c3ccccc3)c3ccccc3-4)ccc21. The molecule has 0 spiro atoms. The maximum Gasteiger partial charge on any atom is 0.0714 e. The number of hydrogen-bond donors (Lipinski definition) is 0. The first-order chi connectivity index (χ1) is 31.7. The Morgan fingerprint density at radius 1 is 0.385 bits per heavy atom. The van der Waals surface area contributed by atoms with Crippen LogP contribution in [0.25, 0.3) is 49.7 Å². The number of aromatic nitrogens is 1. The highest BCUT2D eigenvalue weighted by molar-refractivity contribution is 6.09. The van der Waals surface area contributed by atoms with E-state index in [1.165, 1.54) is 83.9 Å². The van der Waals surface area contributed by atoms with Gasteiger partial charge in [-0.05, 0) is 134 Å². The Kier molecular flexibility index (Phi) is 8.94. The number of rotatable bonds is 7. The van der Waals surface area contributed by atoms with Gasteiger partial charge in [-0.1, -0.05) is 185 Å². The van der Waals surface area contributed by atoms with E-state index >= 15 is 0 Å². The molecule has 2 aliphatic carbocycles. The van der Waals surface area contributed by atoms with Gasteiger partial charge >= 0.3 is 0 Å². The van der Waals surface area contributed by atoms with Crippen LogP contribution >= 0.6 is 0 Å². The van der Waals surface area contributed by atoms with E-state index in [-0.39, 0.29) is 10.8 Å². The summed E-state index contributed by atoms with van der Waals surface area (Å²) in [5.74, 6) is 0. The van der Waals surface area contributed by atoms with E-state index < -0.39 is 5.41 Å². The van der Waals surface area contributed by atoms with Gasteiger partial charge in [-0.25, -0.2) is 0 Å². The Labute approximate surface area is 383 Å². The zero-order valence-electron chi connectivity index (χ0n) is 37.6. The van der Waals surface area contributed by atoms with Crippen molar-refractivity contribution in [2.24, 2.45) is 0 Å². The quantitative estimate of drug-likeness (QED) is 0.155. The first-order valence-corrected chi connectivity index (χ1v) is 23.2. The molecule has 0 atom stereocenters. The van der Waals surface area contributed by atoms with Crippen molar-refractivity contribution >= 4 is 38.9 Å². The zero-order valence-corrected chi connectivity index (χ0v) is 37.6. The lowest BCUT2D eigenvalue weighted by Crippen LogP contribution is -2.33. The number of nitrogens with zero attached hydrogens (tertiary/aromatic N) is 2. The van der Waals surface area contributed by atoms with E-state index in [1.54, 1.807) is 0 Å². The summed E-state index contributed by atoms with van der Waals surface area (Å²) >= 11 is 0. The molecule has 2 heteroatoms. The highest BCUT2D eigenvalue weighted by Gasteiger charge is 2.47. The fourth-order valence-electron chi connectivity index (χ4n) is 11.6. The molecule has 0 bridgehead atoms. The molecule has 0 aliphatic heterocycles. The van der Waals surface area contributed by atoms with Gasteiger partial charge in [0, 0.05) is 33.4 Å². The third-order valence-electron chi connectivity index (χ3n) is 14.9. The van der Waals surface area contributed by atoms with Crippen molar-refractivity contribution in [3.05, 3.63) is 252 Å². The molecule has 0 amide bonds. The topological polar surface area (TPSA) is 8.17 Å². The van der Waals surface area contributed by atoms with Crippen LogP contribution in [0.4, 0.5) is 17.1 Å². The van der Waals surface area contributed by atoms with Crippen molar-refractivity contribution in [2.45, 2.75) is 56.8 Å². The standard InChI is InChI=1S/C63H52N2/c1-61(2)38-39-62(3,4)57-40-43(32-37-55(57)61)52-41-53-49-26-14-17-29-54(49)63(44-20-8-5-9-21-44,45-22-10-6-11-23-45)56(53)42-60(52)64(46-24-12-7-13-25-46)47-33-35-48(36-34-47)65-58-30-18-15-27-50(58)51-28-16-19-31-59(51)65/h5-37,40-42H,38-39H2,1-4H3. The van der Waals surface area contributed by atoms with E-state index in [0.29, 0.717) is 0 Å². The van der Waals surface area contributed by atoms with Crippen molar-refractivity contribution in [3.8, 4) is 27.9 Å². The van der Waals surface area contributed by atoms with Crippen LogP contribution in [0.1, 0.15) is 73.9 Å². The van der Waals surface area contributed by atoms with Crippen LogP contribution in [-0.2, 0) is 16.2 Å². The fourth-order valence-corrected chi connectivity index (χ4v) is 11.6. The second kappa shape index (κ2) is 14.8. The molecular formula is C63H52N2. The second-order valence-electron chi connectivity index (χ2n) is 19.5. The molecule has 0 N–H and O–H groups in total. The molecular weight excluding hydrogens is 785 g/mol. The Morgan fingerprint density at radius 2 is 0.908 bits per heavy atom. The lowest BCUT2D eigenvalue weighted by Gasteiger charge is -2.42. The fraction of sp³-hybridized carbons (Fsp3) is 0.143. The smallest absolute Gasteiger partial charge is 0.0714 e. The molecule has 1 heterocycles. The highest BCUT2D eigenvalue weighted by Crippen LogP contribution is 2.59. The highest BCUT2D eigenvalue weighted by atomic mass is 15.1. The minimum atomic E-state index is -0.549. The van der Waals surface area contributed by atoms with Gasteiger partial charge in [-0.3, -0.25) is 0 Å². The average molecular weight is 837 g/mol. The maximum absolute atomic E-state index is 2.55. The van der Waals surface area contributed by atoms with Gasteiger partial charge < -0.3 is 9.47 Å². The number of fused-ring (bicyclic) bond motifs is 7. The van der Waals surface area contributed by atoms with Crippen LogP contribution < -0.4 is 4.90 Å². The number of hydrogen-bond acceptors (Lipinski definition) is 1. The molecule has 10 aromatic rings. The Hall–Kier alpha value is -7.42. The van der Waals surface area contributed by atoms with Crippen LogP contribution in [0.15, 0.2) is 218 Å². The Balaban J connectivity index is 1.15. The molecule has 0 radical (unpaired) electrons. The average Bonchev–Trinajstić information content (AvgIpc) is 3.84. The van der Waals surface area contributed by atoms with E-state index in [4.69, 9.17) is 0 Å². The van der Waals surface area contributed by atoms with Crippen LogP contribution in [0.5, 0.6) is 0 Å². The van der Waals surface area contributed by atoms with E-state index in [1.807, 2.05) is 0 Å². The minimum Gasteiger partial charge on any atom is -0.310 e. The molecule has 0 saturated carbocycles. The molecule has 0 saturated heterocycles. The van der Waals surface area contributed by atoms with Crippen molar-refractivity contribution in [2.75, 3.05) is 4.90 Å². The summed E-state index contributed by atoms with van der Waals surface area (Å²) in [6.07, 6.45) is 2.34. The minimum absolute atomic E-state index is 0.0574. The predicted molar refractivity (Wildman–Crippen MR) is 273 cm³/mol. The molecule has 12 rings (SSSR count). The van der Waals surface area contributed by atoms with Gasteiger partial charge in [0.2, 0.25) is 0 Å². The van der Waals surface area contributed by atoms with Crippen molar-refractivity contribution in [1.82, 2.24) is 4.57 Å². The number of para-hydroxylation sites is 3. The van der Waals surface area contributed by atoms with Gasteiger partial charge in [0.15, 0.2) is 0 Å². The lowest BCUT2D eigenvalue weighted by molar-refractivity contribution is 0.332. The Bertz CT molecular complexity index is 3320. The summed E-state index contributed by atoms with van der Waals surface area (Å²) in [5.41, 5.74) is 19.6. The van der Waals surface area contributed by atoms with Gasteiger partial charge in [-0.15, -0.1) is 0 Å². The summed E-state index contributed by atoms with van der Waals surface area (Å²) < 4.78 is 2.41. The summed E-state index contributed by atoms with van der Waals surface area (Å²) in [6, 6.07) is 81.7. The van der Waals surface area contributed by atoms with Gasteiger partial charge in [0.25, 0.3) is 0 Å². The summed E-state index contributed by atoms with van der Waals surface area (Å²) in [4.78, 5) is 2.50. The molecule has 2 nitrogen and oxygen atoms in total. The van der Waals surface area contributed by atoms with E-state index in [9.17, 15) is 0 Å². The third kappa shape index (κ3) is 6.00. The first kappa shape index (κ1) is 39.2. The number of benzene rings is 9. The number of anilines is 3. The zero-order chi connectivity index (χ0) is 43.9. The third-order valence-corrected chi connectivity index (χ3v) is 14.9. The molecule has 0 fully saturated rings. The normalized spacial score (nSPS) is 15.3. The summed E-state index contributed by atoms with van der Waals surface area (Å²) in [7, 11) is 0. The van der Waals surface area contributed by atoms with Gasteiger partial charge in [0.1, 0.15) is 0 Å². The van der Waals surface area contributed by atoms with Crippen molar-refractivity contribution in [3.63, 3.8) is 0 Å². The molecule has 314 valence electrons. The lowest BCUT2D eigenvalue weighted by atomic mass is 9.63. The summed E-state index contributed by atoms with van der Waals surface area (Å²) in [5, 5.41) is 2.53. The van der Waals surface area contributed by atoms with Crippen molar-refractivity contribution < 1.29 is 0 Å². The van der Waals surface area contributed by atoms with Crippen LogP contribution in [0.3, 0.4) is 0 Å². The van der Waals surface area contributed by atoms with Crippen molar-refractivity contribution in [1.29, 1.82) is 0 Å². The second-order valence-corrected chi connectivity index (χ2v) is 19.5. The maximum atomic E-state index is 2.55. The van der Waals surface area contributed by atoms with Crippen LogP contribution in [0, 0.1) is 0 Å². The van der Waals surface area contributed by atoms with Gasteiger partial charge in [0.05, 0.1) is 22.1 Å². The molecule has 9 aromatic carbocycles. The summed E-state index contributed by atoms with van der Waals surface area (Å²) in [6.45, 7) is 9.72. The molecule has 65 heavy (non-hydrogen) atoms. The molecule has 0 unspecified atom stereocenters. The predicted octanol–water partition coefficient (Wildman–Crippen LogP) is 16.6. The molecule has 1 aromatic heterocycles. The van der Waals surface area contributed by atoms with Gasteiger partial charge in [-0.2, -0.15) is 0 Å². The first-order valence-electron chi connectivity index (χ1n) is 23.2. The van der Waals surface area contributed by atoms with E-state index in [2.05, 4.69) is 256 Å². The van der Waals surface area contributed by atoms with E-state index in [0.717, 1.165) is 29.2 Å². The Morgan fingerprint density at radius 3 is 1.54 bits per heavy atom.